The average Bonchev–Trinajstić information content (AvgIpc) is 2.49. The van der Waals surface area contributed by atoms with E-state index in [4.69, 9.17) is 0 Å². The van der Waals surface area contributed by atoms with Gasteiger partial charge in [-0.05, 0) is 6.92 Å². The third kappa shape index (κ3) is 3.94. The first-order chi connectivity index (χ1) is 10.3. The van der Waals surface area contributed by atoms with Crippen molar-refractivity contribution in [3.63, 3.8) is 0 Å². The first-order valence-electron chi connectivity index (χ1n) is 6.77. The maximum Gasteiger partial charge on any atom is 0.499 e. The summed E-state index contributed by atoms with van der Waals surface area (Å²) in [6, 6.07) is 1.85. The normalized spacial score (nSPS) is 9.73. The summed E-state index contributed by atoms with van der Waals surface area (Å²) in [5.41, 5.74) is 0.454. The molecule has 0 aliphatic carbocycles. The Balaban J connectivity index is 0.000000220. The number of rotatable bonds is 2. The highest BCUT2D eigenvalue weighted by Crippen LogP contribution is 1.97. The summed E-state index contributed by atoms with van der Waals surface area (Å²) in [6.45, 7) is 1.74. The summed E-state index contributed by atoms with van der Waals surface area (Å²) >= 11 is 0. The van der Waals surface area contributed by atoms with Crippen molar-refractivity contribution in [1.29, 1.82) is 0 Å². The van der Waals surface area contributed by atoms with E-state index in [1.165, 1.54) is 4.57 Å². The number of aryl methyl sites for hydroxylation is 3. The van der Waals surface area contributed by atoms with Crippen LogP contribution in [0.15, 0.2) is 28.0 Å². The maximum absolute atomic E-state index is 11.2. The van der Waals surface area contributed by atoms with Gasteiger partial charge in [-0.15, -0.1) is 0 Å². The van der Waals surface area contributed by atoms with E-state index in [2.05, 4.69) is 15.6 Å². The monoisotopic (exact) mass is 307 g/mol. The first-order valence-corrected chi connectivity index (χ1v) is 6.77. The molecule has 0 saturated carbocycles. The van der Waals surface area contributed by atoms with Crippen LogP contribution in [0.1, 0.15) is 5.56 Å². The van der Waals surface area contributed by atoms with Gasteiger partial charge in [0.25, 0.3) is 5.56 Å². The molecule has 0 atom stereocenters. The highest BCUT2D eigenvalue weighted by molar-refractivity contribution is 5.31. The molecule has 0 bridgehead atoms. The topological polar surface area (TPSA) is 84.8 Å². The third-order valence-electron chi connectivity index (χ3n) is 3.15. The summed E-state index contributed by atoms with van der Waals surface area (Å²) < 4.78 is 4.86. The number of anilines is 2. The van der Waals surface area contributed by atoms with Crippen molar-refractivity contribution in [3.05, 3.63) is 44.9 Å². The molecule has 0 radical (unpaired) electrons. The Bertz CT molecular complexity index is 761. The predicted octanol–water partition coefficient (Wildman–Crippen LogP) is -0.618. The van der Waals surface area contributed by atoms with E-state index in [0.29, 0.717) is 11.5 Å². The van der Waals surface area contributed by atoms with E-state index < -0.39 is 0 Å². The SMILES string of the molecule is CNc1cc[n+](C)c(=O)n1C.CNc1nc(=O)c(C)cn1C. The van der Waals surface area contributed by atoms with Crippen LogP contribution in [0.3, 0.4) is 0 Å². The molecule has 2 N–H and O–H groups in total. The van der Waals surface area contributed by atoms with Gasteiger partial charge in [-0.1, -0.05) is 0 Å². The highest BCUT2D eigenvalue weighted by atomic mass is 16.1. The molecule has 120 valence electrons. The molecular weight excluding hydrogens is 284 g/mol. The van der Waals surface area contributed by atoms with Gasteiger partial charge in [-0.3, -0.25) is 4.79 Å². The number of aromatic nitrogens is 4. The van der Waals surface area contributed by atoms with Crippen molar-refractivity contribution in [2.24, 2.45) is 21.1 Å². The highest BCUT2D eigenvalue weighted by Gasteiger charge is 2.06. The molecule has 0 fully saturated rings. The Morgan fingerprint density at radius 2 is 1.82 bits per heavy atom. The van der Waals surface area contributed by atoms with E-state index in [0.717, 1.165) is 5.82 Å². The fraction of sp³-hybridized carbons (Fsp3) is 0.429. The van der Waals surface area contributed by atoms with Gasteiger partial charge in [0.2, 0.25) is 11.8 Å². The lowest BCUT2D eigenvalue weighted by atomic mass is 10.4. The van der Waals surface area contributed by atoms with Crippen LogP contribution in [0.4, 0.5) is 11.8 Å². The Kier molecular flexibility index (Phi) is 5.85. The minimum Gasteiger partial charge on any atom is -0.359 e. The quantitative estimate of drug-likeness (QED) is 0.723. The van der Waals surface area contributed by atoms with Gasteiger partial charge >= 0.3 is 5.69 Å². The van der Waals surface area contributed by atoms with Gasteiger partial charge in [-0.2, -0.15) is 14.3 Å². The molecule has 2 rings (SSSR count). The second-order valence-electron chi connectivity index (χ2n) is 4.82. The molecule has 8 heteroatoms. The van der Waals surface area contributed by atoms with Gasteiger partial charge in [0.15, 0.2) is 0 Å². The van der Waals surface area contributed by atoms with Crippen LogP contribution < -0.4 is 26.4 Å². The lowest BCUT2D eigenvalue weighted by Gasteiger charge is -2.05. The molecule has 2 aromatic rings. The summed E-state index contributed by atoms with van der Waals surface area (Å²) in [6.07, 6.45) is 3.48. The molecule has 8 nitrogen and oxygen atoms in total. The summed E-state index contributed by atoms with van der Waals surface area (Å²) in [5.74, 6) is 1.40. The third-order valence-corrected chi connectivity index (χ3v) is 3.15. The van der Waals surface area contributed by atoms with Gasteiger partial charge in [-0.25, -0.2) is 4.57 Å². The predicted molar refractivity (Wildman–Crippen MR) is 86.2 cm³/mol. The number of nitrogens with zero attached hydrogens (tertiary/aromatic N) is 4. The van der Waals surface area contributed by atoms with E-state index in [1.807, 2.05) is 13.1 Å². The number of nitrogens with one attached hydrogen (secondary N) is 2. The van der Waals surface area contributed by atoms with Crippen LogP contribution in [0.25, 0.3) is 0 Å². The zero-order chi connectivity index (χ0) is 16.9. The van der Waals surface area contributed by atoms with Crippen molar-refractivity contribution in [1.82, 2.24) is 14.1 Å². The number of hydrogen-bond acceptors (Lipinski definition) is 5. The standard InChI is InChI=1S/2C7H11N3O/c1-8-6-4-5-9(2)7(11)10(6)3;1-5-4-10(3)7(8-2)9-6(5)11/h4-5H,1-3H3;4H,1-3H3,(H,8,9,11)/p+1. The molecule has 2 aromatic heterocycles. The van der Waals surface area contributed by atoms with Gasteiger partial charge in [0.05, 0.1) is 20.3 Å². The summed E-state index contributed by atoms with van der Waals surface area (Å²) in [5, 5.41) is 5.73. The molecule has 0 saturated heterocycles. The van der Waals surface area contributed by atoms with E-state index in [9.17, 15) is 9.59 Å². The van der Waals surface area contributed by atoms with Crippen molar-refractivity contribution in [3.8, 4) is 0 Å². The molecule has 22 heavy (non-hydrogen) atoms. The van der Waals surface area contributed by atoms with Crippen LogP contribution in [0, 0.1) is 6.92 Å². The zero-order valence-electron chi connectivity index (χ0n) is 13.8. The van der Waals surface area contributed by atoms with Gasteiger partial charge in [0, 0.05) is 39.0 Å². The fourth-order valence-corrected chi connectivity index (χ4v) is 1.85. The van der Waals surface area contributed by atoms with Crippen molar-refractivity contribution in [2.45, 2.75) is 6.92 Å². The average molecular weight is 307 g/mol. The van der Waals surface area contributed by atoms with Crippen LogP contribution >= 0.6 is 0 Å². The zero-order valence-corrected chi connectivity index (χ0v) is 13.8. The molecule has 0 aliphatic heterocycles. The van der Waals surface area contributed by atoms with Crippen LogP contribution in [-0.4, -0.2) is 28.2 Å². The minimum absolute atomic E-state index is 0.0307. The maximum atomic E-state index is 11.2. The Morgan fingerprint density at radius 1 is 1.18 bits per heavy atom. The molecule has 0 aromatic carbocycles. The van der Waals surface area contributed by atoms with E-state index in [-0.39, 0.29) is 11.2 Å². The minimum atomic E-state index is -0.174. The second kappa shape index (κ2) is 7.39. The fourth-order valence-electron chi connectivity index (χ4n) is 1.85. The summed E-state index contributed by atoms with van der Waals surface area (Å²) in [4.78, 5) is 26.0. The second-order valence-corrected chi connectivity index (χ2v) is 4.82. The van der Waals surface area contributed by atoms with Crippen molar-refractivity contribution < 1.29 is 4.57 Å². The summed E-state index contributed by atoms with van der Waals surface area (Å²) in [7, 11) is 8.81. The molecular formula is C14H23N6O2+. The molecule has 0 spiro atoms. The smallest absolute Gasteiger partial charge is 0.359 e. The first kappa shape index (κ1) is 17.4. The largest absolute Gasteiger partial charge is 0.499 e. The van der Waals surface area contributed by atoms with Crippen LogP contribution in [-0.2, 0) is 21.1 Å². The van der Waals surface area contributed by atoms with Gasteiger partial charge < -0.3 is 15.2 Å². The molecule has 2 heterocycles. The Labute approximate surface area is 129 Å². The Hall–Kier alpha value is -2.64. The molecule has 0 amide bonds. The van der Waals surface area contributed by atoms with E-state index >= 15 is 0 Å². The molecule has 0 unspecified atom stereocenters. The van der Waals surface area contributed by atoms with Crippen LogP contribution in [0.5, 0.6) is 0 Å². The van der Waals surface area contributed by atoms with Crippen molar-refractivity contribution in [2.75, 3.05) is 24.7 Å². The Morgan fingerprint density at radius 3 is 2.36 bits per heavy atom. The lowest BCUT2D eigenvalue weighted by molar-refractivity contribution is -0.690. The lowest BCUT2D eigenvalue weighted by Crippen LogP contribution is -2.50. The van der Waals surface area contributed by atoms with Gasteiger partial charge in [0.1, 0.15) is 0 Å². The van der Waals surface area contributed by atoms with E-state index in [1.54, 1.807) is 56.6 Å². The van der Waals surface area contributed by atoms with Crippen LogP contribution in [0.2, 0.25) is 0 Å². The number of hydrogen-bond donors (Lipinski definition) is 2. The van der Waals surface area contributed by atoms with Crippen molar-refractivity contribution >= 4 is 11.8 Å². The molecule has 0 aliphatic rings.